The van der Waals surface area contributed by atoms with E-state index in [-0.39, 0.29) is 15.9 Å². The molecule has 0 bridgehead atoms. The molecule has 0 atom stereocenters. The van der Waals surface area contributed by atoms with Gasteiger partial charge in [-0.3, -0.25) is 0 Å². The number of hydrogen-bond donors (Lipinski definition) is 0. The third-order valence-corrected chi connectivity index (χ3v) is 2.72. The first kappa shape index (κ1) is 14.0. The SMILES string of the molecule is Clc1cc2c(c3c1=CC=C[N-]3)[N-]C=CC=2.[Cl][Pd][Cl]. The summed E-state index contributed by atoms with van der Waals surface area (Å²) in [6.07, 6.45) is 11.2. The van der Waals surface area contributed by atoms with E-state index in [2.05, 4.69) is 10.6 Å². The second kappa shape index (κ2) is 6.66. The van der Waals surface area contributed by atoms with Crippen molar-refractivity contribution in [2.45, 2.75) is 0 Å². The summed E-state index contributed by atoms with van der Waals surface area (Å²) in [6, 6.07) is 1.92. The van der Waals surface area contributed by atoms with E-state index < -0.39 is 0 Å². The van der Waals surface area contributed by atoms with Crippen molar-refractivity contribution in [2.75, 3.05) is 0 Å². The first-order valence-corrected chi connectivity index (χ1v) is 9.26. The number of halogens is 3. The number of allylic oxidation sites excluding steroid dienone is 2. The van der Waals surface area contributed by atoms with Crippen LogP contribution in [0.1, 0.15) is 0 Å². The van der Waals surface area contributed by atoms with Crippen LogP contribution >= 0.6 is 30.7 Å². The van der Waals surface area contributed by atoms with E-state index in [9.17, 15) is 0 Å². The summed E-state index contributed by atoms with van der Waals surface area (Å²) in [5.74, 6) is 0. The molecule has 1 aromatic carbocycles. The van der Waals surface area contributed by atoms with E-state index in [1.54, 1.807) is 12.4 Å². The molecule has 2 aliphatic heterocycles. The zero-order valence-corrected chi connectivity index (χ0v) is 12.7. The molecule has 3 rings (SSSR count). The van der Waals surface area contributed by atoms with Crippen molar-refractivity contribution in [1.82, 2.24) is 0 Å². The Morgan fingerprint density at radius 3 is 2.28 bits per heavy atom. The Morgan fingerprint density at radius 1 is 0.944 bits per heavy atom. The summed E-state index contributed by atoms with van der Waals surface area (Å²) >= 11 is 6.06. The zero-order valence-electron chi connectivity index (χ0n) is 8.89. The molecule has 0 aliphatic carbocycles. The Bertz CT molecular complexity index is 623. The summed E-state index contributed by atoms with van der Waals surface area (Å²) in [5, 5.41) is 11.3. The molecule has 2 heterocycles. The van der Waals surface area contributed by atoms with Crippen LogP contribution in [0.25, 0.3) is 22.8 Å². The second-order valence-corrected chi connectivity index (χ2v) is 6.15. The van der Waals surface area contributed by atoms with Gasteiger partial charge in [-0.05, 0) is 16.5 Å². The van der Waals surface area contributed by atoms with Crippen molar-refractivity contribution < 1.29 is 15.9 Å². The van der Waals surface area contributed by atoms with Crippen molar-refractivity contribution in [3.8, 4) is 0 Å². The fraction of sp³-hybridized carbons (Fsp3) is 0. The normalized spacial score (nSPS) is 13.9. The van der Waals surface area contributed by atoms with Crippen LogP contribution in [-0.4, -0.2) is 0 Å². The van der Waals surface area contributed by atoms with Crippen LogP contribution in [-0.2, 0) is 15.9 Å². The average Bonchev–Trinajstić information content (AvgIpc) is 2.40. The van der Waals surface area contributed by atoms with E-state index in [1.807, 2.05) is 30.4 Å². The van der Waals surface area contributed by atoms with Crippen LogP contribution < -0.4 is 10.4 Å². The Morgan fingerprint density at radius 2 is 1.56 bits per heavy atom. The van der Waals surface area contributed by atoms with Gasteiger partial charge in [0.2, 0.25) is 0 Å². The number of benzene rings is 1. The molecule has 18 heavy (non-hydrogen) atoms. The minimum atomic E-state index is -0.106. The number of nitrogens with zero attached hydrogens (tertiary/aromatic N) is 2. The van der Waals surface area contributed by atoms with Crippen LogP contribution in [0.15, 0.2) is 30.6 Å². The fourth-order valence-electron chi connectivity index (χ4n) is 1.73. The molecule has 0 aromatic heterocycles. The molecule has 2 aliphatic rings. The zero-order chi connectivity index (χ0) is 13.0. The standard InChI is InChI=1S/C12H7ClN2.2ClH.Pd/c13-10-7-8-3-1-5-14-11(8)12-9(10)4-2-6-15-12;;;/h1-7H;2*1H;/q-2;;;+2/p-2. The van der Waals surface area contributed by atoms with Crippen molar-refractivity contribution in [2.24, 2.45) is 0 Å². The van der Waals surface area contributed by atoms with E-state index in [1.165, 1.54) is 0 Å². The minimum absolute atomic E-state index is 0.106. The first-order valence-electron chi connectivity index (χ1n) is 4.88. The molecule has 1 aromatic rings. The molecular weight excluding hydrogens is 385 g/mol. The Hall–Kier alpha value is -0.428. The topological polar surface area (TPSA) is 28.2 Å². The van der Waals surface area contributed by atoms with Gasteiger partial charge >= 0.3 is 35.0 Å². The van der Waals surface area contributed by atoms with Gasteiger partial charge in [-0.25, -0.2) is 0 Å². The maximum atomic E-state index is 6.17. The van der Waals surface area contributed by atoms with Gasteiger partial charge in [0.25, 0.3) is 0 Å². The molecule has 2 nitrogen and oxygen atoms in total. The monoisotopic (exact) mass is 390 g/mol. The van der Waals surface area contributed by atoms with Crippen molar-refractivity contribution in [3.05, 3.63) is 56.7 Å². The van der Waals surface area contributed by atoms with Gasteiger partial charge in [-0.15, -0.1) is 11.4 Å². The molecule has 0 unspecified atom stereocenters. The Balaban J connectivity index is 0.000000367. The quantitative estimate of drug-likeness (QED) is 0.588. The average molecular weight is 392 g/mol. The molecule has 0 N–H and O–H groups in total. The summed E-state index contributed by atoms with van der Waals surface area (Å²) in [6.45, 7) is 0. The third kappa shape index (κ3) is 2.93. The van der Waals surface area contributed by atoms with Crippen LogP contribution in [0.4, 0.5) is 11.4 Å². The second-order valence-electron chi connectivity index (χ2n) is 3.38. The predicted octanol–water partition coefficient (Wildman–Crippen LogP) is 4.34. The van der Waals surface area contributed by atoms with Gasteiger partial charge in [0, 0.05) is 5.02 Å². The van der Waals surface area contributed by atoms with E-state index in [0.717, 1.165) is 26.8 Å². The van der Waals surface area contributed by atoms with E-state index >= 15 is 0 Å². The van der Waals surface area contributed by atoms with Crippen molar-refractivity contribution in [3.63, 3.8) is 0 Å². The van der Waals surface area contributed by atoms with Crippen LogP contribution in [0.2, 0.25) is 5.02 Å². The van der Waals surface area contributed by atoms with E-state index in [0.29, 0.717) is 0 Å². The number of hydrogen-bond acceptors (Lipinski definition) is 0. The molecule has 0 spiro atoms. The molecule has 0 amide bonds. The molecular formula is C12H7Cl3N2Pd-2. The number of rotatable bonds is 0. The Labute approximate surface area is 126 Å². The number of fused-ring (bicyclic) bond motifs is 3. The molecule has 0 saturated heterocycles. The van der Waals surface area contributed by atoms with E-state index in [4.69, 9.17) is 30.7 Å². The summed E-state index contributed by atoms with van der Waals surface area (Å²) in [4.78, 5) is 0. The maximum absolute atomic E-state index is 6.17. The molecule has 0 radical (unpaired) electrons. The van der Waals surface area contributed by atoms with Gasteiger partial charge in [0.05, 0.1) is 0 Å². The van der Waals surface area contributed by atoms with Gasteiger partial charge in [-0.1, -0.05) is 35.9 Å². The molecule has 98 valence electrons. The van der Waals surface area contributed by atoms with Crippen LogP contribution in [0.5, 0.6) is 0 Å². The van der Waals surface area contributed by atoms with Gasteiger partial charge in [-0.2, -0.15) is 12.4 Å². The summed E-state index contributed by atoms with van der Waals surface area (Å²) in [5.41, 5.74) is 1.76. The fourth-order valence-corrected chi connectivity index (χ4v) is 2.00. The van der Waals surface area contributed by atoms with Gasteiger partial charge < -0.3 is 10.6 Å². The molecule has 0 fully saturated rings. The van der Waals surface area contributed by atoms with Gasteiger partial charge in [0.15, 0.2) is 0 Å². The molecule has 6 heteroatoms. The summed E-state index contributed by atoms with van der Waals surface area (Å²) in [7, 11) is 9.63. The van der Waals surface area contributed by atoms with Crippen molar-refractivity contribution >= 4 is 54.2 Å². The molecule has 0 saturated carbocycles. The first-order chi connectivity index (χ1) is 8.77. The van der Waals surface area contributed by atoms with Crippen LogP contribution in [0.3, 0.4) is 0 Å². The van der Waals surface area contributed by atoms with Crippen molar-refractivity contribution in [1.29, 1.82) is 0 Å². The predicted molar refractivity (Wildman–Crippen MR) is 75.7 cm³/mol. The third-order valence-electron chi connectivity index (χ3n) is 2.41. The van der Waals surface area contributed by atoms with Gasteiger partial charge in [0.1, 0.15) is 0 Å². The Kier molecular flexibility index (Phi) is 5.17. The summed E-state index contributed by atoms with van der Waals surface area (Å²) < 4.78 is 0. The van der Waals surface area contributed by atoms with Crippen LogP contribution in [0, 0.1) is 0 Å².